The Kier molecular flexibility index (Phi) is 4.57. The number of rotatable bonds is 3. The first-order valence-corrected chi connectivity index (χ1v) is 6.59. The lowest BCUT2D eigenvalue weighted by Crippen LogP contribution is -2.55. The molecule has 6 heteroatoms. The highest BCUT2D eigenvalue weighted by Crippen LogP contribution is 2.16. The van der Waals surface area contributed by atoms with Crippen LogP contribution in [0.5, 0.6) is 5.75 Å². The number of phenols is 1. The molecular weight excluding hydrogens is 260 g/mol. The summed E-state index contributed by atoms with van der Waals surface area (Å²) in [5.41, 5.74) is 0.362. The normalized spacial score (nSPS) is 18.6. The van der Waals surface area contributed by atoms with Gasteiger partial charge < -0.3 is 20.1 Å². The van der Waals surface area contributed by atoms with Gasteiger partial charge in [-0.25, -0.2) is 0 Å². The molecule has 1 heterocycles. The Balaban J connectivity index is 2.19. The number of benzene rings is 1. The van der Waals surface area contributed by atoms with Gasteiger partial charge in [0.1, 0.15) is 11.8 Å². The molecule has 0 saturated carbocycles. The van der Waals surface area contributed by atoms with E-state index in [4.69, 9.17) is 4.74 Å². The molecule has 0 radical (unpaired) electrons. The lowest BCUT2D eigenvalue weighted by molar-refractivity contribution is -0.130. The molecule has 0 aliphatic carbocycles. The Bertz CT molecular complexity index is 504. The van der Waals surface area contributed by atoms with Crippen molar-refractivity contribution in [3.05, 3.63) is 29.8 Å². The van der Waals surface area contributed by atoms with Gasteiger partial charge in [-0.15, -0.1) is 0 Å². The summed E-state index contributed by atoms with van der Waals surface area (Å²) in [6.45, 7) is 3.28. The lowest BCUT2D eigenvalue weighted by atomic mass is 10.1. The summed E-state index contributed by atoms with van der Waals surface area (Å²) < 4.78 is 5.29. The van der Waals surface area contributed by atoms with E-state index in [1.807, 2.05) is 6.92 Å². The van der Waals surface area contributed by atoms with Gasteiger partial charge in [0.15, 0.2) is 0 Å². The van der Waals surface area contributed by atoms with Gasteiger partial charge in [-0.05, 0) is 25.1 Å². The summed E-state index contributed by atoms with van der Waals surface area (Å²) in [6, 6.07) is 5.49. The van der Waals surface area contributed by atoms with Crippen LogP contribution in [0.15, 0.2) is 24.3 Å². The number of aromatic hydroxyl groups is 1. The first-order chi connectivity index (χ1) is 9.63. The van der Waals surface area contributed by atoms with Crippen LogP contribution in [0.1, 0.15) is 17.3 Å². The second-order valence-corrected chi connectivity index (χ2v) is 4.53. The van der Waals surface area contributed by atoms with E-state index < -0.39 is 6.04 Å². The average Bonchev–Trinajstić information content (AvgIpc) is 2.47. The van der Waals surface area contributed by atoms with Crippen LogP contribution in [0.4, 0.5) is 0 Å². The maximum atomic E-state index is 12.5. The van der Waals surface area contributed by atoms with Crippen molar-refractivity contribution in [2.24, 2.45) is 0 Å². The second-order valence-electron chi connectivity index (χ2n) is 4.53. The Hall–Kier alpha value is -2.08. The fourth-order valence-electron chi connectivity index (χ4n) is 2.16. The van der Waals surface area contributed by atoms with Crippen LogP contribution >= 0.6 is 0 Å². The van der Waals surface area contributed by atoms with Gasteiger partial charge in [-0.1, -0.05) is 6.07 Å². The fraction of sp³-hybridized carbons (Fsp3) is 0.429. The van der Waals surface area contributed by atoms with E-state index in [9.17, 15) is 14.7 Å². The van der Waals surface area contributed by atoms with Crippen LogP contribution in [-0.4, -0.2) is 54.2 Å². The van der Waals surface area contributed by atoms with E-state index in [0.29, 0.717) is 25.3 Å². The molecule has 1 aromatic carbocycles. The van der Waals surface area contributed by atoms with Gasteiger partial charge >= 0.3 is 0 Å². The monoisotopic (exact) mass is 278 g/mol. The fourth-order valence-corrected chi connectivity index (χ4v) is 2.16. The highest BCUT2D eigenvalue weighted by atomic mass is 16.5. The van der Waals surface area contributed by atoms with E-state index in [1.54, 1.807) is 12.1 Å². The summed E-state index contributed by atoms with van der Waals surface area (Å²) in [4.78, 5) is 25.9. The average molecular weight is 278 g/mol. The molecule has 1 saturated heterocycles. The van der Waals surface area contributed by atoms with Gasteiger partial charge in [0.05, 0.1) is 13.2 Å². The van der Waals surface area contributed by atoms with Crippen LogP contribution in [-0.2, 0) is 9.53 Å². The molecular formula is C14H18N2O4. The molecule has 1 unspecified atom stereocenters. The minimum Gasteiger partial charge on any atom is -0.508 e. The third kappa shape index (κ3) is 3.08. The van der Waals surface area contributed by atoms with Crippen molar-refractivity contribution >= 4 is 11.8 Å². The Morgan fingerprint density at radius 3 is 3.00 bits per heavy atom. The third-order valence-electron chi connectivity index (χ3n) is 3.14. The van der Waals surface area contributed by atoms with Gasteiger partial charge in [-0.2, -0.15) is 0 Å². The summed E-state index contributed by atoms with van der Waals surface area (Å²) in [5.74, 6) is -0.472. The molecule has 2 rings (SSSR count). The van der Waals surface area contributed by atoms with Crippen LogP contribution in [0.3, 0.4) is 0 Å². The number of carbonyl (C=O) groups excluding carboxylic acids is 2. The molecule has 2 N–H and O–H groups in total. The van der Waals surface area contributed by atoms with Gasteiger partial charge in [0.2, 0.25) is 5.91 Å². The number of amides is 2. The molecule has 20 heavy (non-hydrogen) atoms. The van der Waals surface area contributed by atoms with Gasteiger partial charge in [-0.3, -0.25) is 9.59 Å². The number of morpholine rings is 1. The third-order valence-corrected chi connectivity index (χ3v) is 3.14. The van der Waals surface area contributed by atoms with Crippen molar-refractivity contribution in [3.8, 4) is 5.75 Å². The molecule has 1 atom stereocenters. The number of phenolic OH excluding ortho intramolecular Hbond substituents is 1. The van der Waals surface area contributed by atoms with E-state index in [0.717, 1.165) is 0 Å². The van der Waals surface area contributed by atoms with Crippen LogP contribution in [0, 0.1) is 0 Å². The van der Waals surface area contributed by atoms with E-state index in [-0.39, 0.29) is 24.2 Å². The molecule has 1 aliphatic heterocycles. The SMILES string of the molecule is CCNC(=O)C1COCCN1C(=O)c1cccc(O)c1. The highest BCUT2D eigenvalue weighted by molar-refractivity contribution is 5.98. The van der Waals surface area contributed by atoms with Crippen molar-refractivity contribution in [2.45, 2.75) is 13.0 Å². The van der Waals surface area contributed by atoms with Crippen molar-refractivity contribution in [1.29, 1.82) is 0 Å². The Morgan fingerprint density at radius 1 is 1.50 bits per heavy atom. The maximum Gasteiger partial charge on any atom is 0.254 e. The first kappa shape index (κ1) is 14.3. The summed E-state index contributed by atoms with van der Waals surface area (Å²) >= 11 is 0. The molecule has 0 spiro atoms. The smallest absolute Gasteiger partial charge is 0.254 e. The molecule has 1 fully saturated rings. The predicted octanol–water partition coefficient (Wildman–Crippen LogP) is 0.369. The molecule has 0 aromatic heterocycles. The van der Waals surface area contributed by atoms with E-state index >= 15 is 0 Å². The van der Waals surface area contributed by atoms with Gasteiger partial charge in [0, 0.05) is 18.7 Å². The van der Waals surface area contributed by atoms with E-state index in [2.05, 4.69) is 5.32 Å². The van der Waals surface area contributed by atoms with Crippen LogP contribution in [0.2, 0.25) is 0 Å². The van der Waals surface area contributed by atoms with Crippen molar-refractivity contribution in [3.63, 3.8) is 0 Å². The second kappa shape index (κ2) is 6.38. The number of nitrogens with one attached hydrogen (secondary N) is 1. The summed E-state index contributed by atoms with van der Waals surface area (Å²) in [7, 11) is 0. The highest BCUT2D eigenvalue weighted by Gasteiger charge is 2.33. The van der Waals surface area contributed by atoms with Crippen molar-refractivity contribution < 1.29 is 19.4 Å². The Morgan fingerprint density at radius 2 is 2.30 bits per heavy atom. The number of carbonyl (C=O) groups is 2. The van der Waals surface area contributed by atoms with Gasteiger partial charge in [0.25, 0.3) is 5.91 Å². The van der Waals surface area contributed by atoms with Crippen molar-refractivity contribution in [2.75, 3.05) is 26.3 Å². The molecule has 6 nitrogen and oxygen atoms in total. The zero-order valence-electron chi connectivity index (χ0n) is 11.3. The molecule has 1 aliphatic rings. The molecule has 1 aromatic rings. The predicted molar refractivity (Wildman–Crippen MR) is 72.4 cm³/mol. The first-order valence-electron chi connectivity index (χ1n) is 6.59. The van der Waals surface area contributed by atoms with Crippen molar-refractivity contribution in [1.82, 2.24) is 10.2 Å². The zero-order chi connectivity index (χ0) is 14.5. The summed E-state index contributed by atoms with van der Waals surface area (Å²) in [5, 5.41) is 12.1. The minimum absolute atomic E-state index is 0.0265. The van der Waals surface area contributed by atoms with Crippen LogP contribution < -0.4 is 5.32 Å². The largest absolute Gasteiger partial charge is 0.508 e. The summed E-state index contributed by atoms with van der Waals surface area (Å²) in [6.07, 6.45) is 0. The molecule has 0 bridgehead atoms. The maximum absolute atomic E-state index is 12.5. The standard InChI is InChI=1S/C14H18N2O4/c1-2-15-13(18)12-9-20-7-6-16(12)14(19)10-4-3-5-11(17)8-10/h3-5,8,12,17H,2,6-7,9H2,1H3,(H,15,18). The topological polar surface area (TPSA) is 78.9 Å². The zero-order valence-corrected chi connectivity index (χ0v) is 11.3. The van der Waals surface area contributed by atoms with Crippen LogP contribution in [0.25, 0.3) is 0 Å². The number of likely N-dealkylation sites (N-methyl/N-ethyl adjacent to an activating group) is 1. The lowest BCUT2D eigenvalue weighted by Gasteiger charge is -2.34. The van der Waals surface area contributed by atoms with E-state index in [1.165, 1.54) is 17.0 Å². The quantitative estimate of drug-likeness (QED) is 0.837. The molecule has 108 valence electrons. The Labute approximate surface area is 117 Å². The number of ether oxygens (including phenoxy) is 1. The number of hydrogen-bond donors (Lipinski definition) is 2. The number of nitrogens with zero attached hydrogens (tertiary/aromatic N) is 1. The number of hydrogen-bond acceptors (Lipinski definition) is 4. The molecule has 2 amide bonds. The minimum atomic E-state index is -0.626.